The first-order valence-electron chi connectivity index (χ1n) is 3.78. The fraction of sp³-hybridized carbons (Fsp3) is 1.00. The molecule has 0 spiro atoms. The molecular formula is C7H20OSi. The molecule has 0 amide bonds. The van der Waals surface area contributed by atoms with Gasteiger partial charge < -0.3 is 4.74 Å². The molecule has 0 N–H and O–H groups in total. The Hall–Kier alpha value is 0.177. The van der Waals surface area contributed by atoms with E-state index in [-0.39, 0.29) is 0 Å². The topological polar surface area (TPSA) is 9.23 Å². The third-order valence-electron chi connectivity index (χ3n) is 0.544. The van der Waals surface area contributed by atoms with Gasteiger partial charge in [-0.2, -0.15) is 0 Å². The van der Waals surface area contributed by atoms with Gasteiger partial charge in [-0.05, 0) is 37.9 Å². The Morgan fingerprint density at radius 1 is 0.889 bits per heavy atom. The average molecular weight is 148 g/mol. The number of rotatable bonds is 2. The summed E-state index contributed by atoms with van der Waals surface area (Å²) in [5.41, 5.74) is 0. The number of hydrogen-bond acceptors (Lipinski definition) is 1. The fourth-order valence-corrected chi connectivity index (χ4v) is 0.544. The molecule has 1 nitrogen and oxygen atoms in total. The van der Waals surface area contributed by atoms with Crippen molar-refractivity contribution < 1.29 is 4.74 Å². The lowest BCUT2D eigenvalue weighted by atomic mass is 10.4. The molecule has 0 fully saturated rings. The first-order valence-corrected chi connectivity index (χ1v) is 5.78. The second-order valence-corrected chi connectivity index (χ2v) is 2.23. The van der Waals surface area contributed by atoms with Gasteiger partial charge in [-0.1, -0.05) is 6.55 Å². The summed E-state index contributed by atoms with van der Waals surface area (Å²) in [5.74, 6) is 0. The third kappa shape index (κ3) is 17.9. The van der Waals surface area contributed by atoms with Crippen molar-refractivity contribution in [1.82, 2.24) is 0 Å². The summed E-state index contributed by atoms with van der Waals surface area (Å²) in [6.07, 6.45) is 0.750. The van der Waals surface area contributed by atoms with E-state index in [1.54, 1.807) is 0 Å². The zero-order chi connectivity index (χ0) is 7.86. The predicted octanol–water partition coefficient (Wildman–Crippen LogP) is 1.22. The van der Waals surface area contributed by atoms with E-state index in [0.717, 1.165) is 0 Å². The first-order chi connectivity index (χ1) is 4.13. The minimum absolute atomic E-state index is 0.375. The van der Waals surface area contributed by atoms with Crippen molar-refractivity contribution in [3.8, 4) is 0 Å². The van der Waals surface area contributed by atoms with Gasteiger partial charge in [0, 0.05) is 0 Å². The van der Waals surface area contributed by atoms with Gasteiger partial charge in [0.2, 0.25) is 0 Å². The highest BCUT2D eigenvalue weighted by Crippen LogP contribution is 1.93. The minimum atomic E-state index is 0.375. The van der Waals surface area contributed by atoms with Gasteiger partial charge in [-0.25, -0.2) is 0 Å². The van der Waals surface area contributed by atoms with Crippen molar-refractivity contribution in [3.05, 3.63) is 0 Å². The lowest BCUT2D eigenvalue weighted by Crippen LogP contribution is -2.09. The Labute approximate surface area is 62.2 Å². The SMILES string of the molecule is CC(C)OC(C)C.C[SiH3]. The fourth-order valence-electron chi connectivity index (χ4n) is 0.544. The largest absolute Gasteiger partial charge is 0.376 e. The molecule has 9 heavy (non-hydrogen) atoms. The van der Waals surface area contributed by atoms with Crippen molar-refractivity contribution in [3.63, 3.8) is 0 Å². The van der Waals surface area contributed by atoms with Crippen molar-refractivity contribution in [1.29, 1.82) is 0 Å². The smallest absolute Gasteiger partial charge is 0.0522 e. The molecule has 0 atom stereocenters. The van der Waals surface area contributed by atoms with E-state index in [0.29, 0.717) is 12.2 Å². The van der Waals surface area contributed by atoms with Crippen molar-refractivity contribution in [2.75, 3.05) is 0 Å². The van der Waals surface area contributed by atoms with Crippen LogP contribution in [0, 0.1) is 0 Å². The van der Waals surface area contributed by atoms with Gasteiger partial charge in [0.05, 0.1) is 12.2 Å². The Balaban J connectivity index is 0. The van der Waals surface area contributed by atoms with Gasteiger partial charge in [-0.15, -0.1) is 0 Å². The lowest BCUT2D eigenvalue weighted by molar-refractivity contribution is 0.0300. The zero-order valence-electron chi connectivity index (χ0n) is 7.56. The Morgan fingerprint density at radius 3 is 1.11 bits per heavy atom. The van der Waals surface area contributed by atoms with Crippen molar-refractivity contribution in [2.24, 2.45) is 0 Å². The van der Waals surface area contributed by atoms with Crippen LogP contribution in [-0.2, 0) is 4.74 Å². The van der Waals surface area contributed by atoms with E-state index in [2.05, 4.69) is 6.55 Å². The summed E-state index contributed by atoms with van der Waals surface area (Å²) in [6, 6.07) is 0. The maximum absolute atomic E-state index is 5.25. The molecule has 0 aliphatic heterocycles. The Kier molecular flexibility index (Phi) is 10.8. The summed E-state index contributed by atoms with van der Waals surface area (Å²) in [5, 5.41) is 0. The number of hydrogen-bond donors (Lipinski definition) is 0. The van der Waals surface area contributed by atoms with E-state index in [4.69, 9.17) is 4.74 Å². The molecule has 0 aliphatic carbocycles. The van der Waals surface area contributed by atoms with Crippen LogP contribution in [0.2, 0.25) is 6.55 Å². The van der Waals surface area contributed by atoms with Crippen LogP contribution in [0.4, 0.5) is 0 Å². The van der Waals surface area contributed by atoms with Gasteiger partial charge >= 0.3 is 0 Å². The van der Waals surface area contributed by atoms with E-state index < -0.39 is 0 Å². The standard InChI is InChI=1S/C6H14O.CH6Si/c1-5(2)7-6(3)4;1-2/h5-6H,1-4H3;1-2H3. The van der Waals surface area contributed by atoms with Crippen molar-refractivity contribution >= 4 is 10.2 Å². The monoisotopic (exact) mass is 148 g/mol. The number of ether oxygens (including phenoxy) is 1. The molecule has 58 valence electrons. The molecule has 0 saturated heterocycles. The molecule has 0 aliphatic rings. The van der Waals surface area contributed by atoms with Crippen LogP contribution in [0.5, 0.6) is 0 Å². The summed E-state index contributed by atoms with van der Waals surface area (Å²) < 4.78 is 5.25. The van der Waals surface area contributed by atoms with Crippen LogP contribution in [0.15, 0.2) is 0 Å². The summed E-state index contributed by atoms with van der Waals surface area (Å²) in [4.78, 5) is 0. The van der Waals surface area contributed by atoms with Gasteiger partial charge in [0.25, 0.3) is 0 Å². The van der Waals surface area contributed by atoms with Crippen LogP contribution in [0.3, 0.4) is 0 Å². The van der Waals surface area contributed by atoms with E-state index >= 15 is 0 Å². The molecule has 0 aromatic heterocycles. The van der Waals surface area contributed by atoms with Gasteiger partial charge in [0.1, 0.15) is 0 Å². The summed E-state index contributed by atoms with van der Waals surface area (Å²) in [6.45, 7) is 10.3. The Bertz CT molecular complexity index is 38.2. The highest BCUT2D eigenvalue weighted by atomic mass is 28.1. The van der Waals surface area contributed by atoms with Gasteiger partial charge in [0.15, 0.2) is 0 Å². The first kappa shape index (κ1) is 11.9. The summed E-state index contributed by atoms with van der Waals surface area (Å²) >= 11 is 0. The maximum Gasteiger partial charge on any atom is 0.0522 e. The molecular weight excluding hydrogens is 128 g/mol. The van der Waals surface area contributed by atoms with Crippen LogP contribution in [0.1, 0.15) is 27.7 Å². The van der Waals surface area contributed by atoms with Crippen LogP contribution in [0.25, 0.3) is 0 Å². The highest BCUT2D eigenvalue weighted by Gasteiger charge is 1.94. The zero-order valence-corrected chi connectivity index (χ0v) is 9.56. The van der Waals surface area contributed by atoms with Crippen molar-refractivity contribution in [2.45, 2.75) is 46.4 Å². The summed E-state index contributed by atoms with van der Waals surface area (Å²) in [7, 11) is 1.31. The second-order valence-electron chi connectivity index (χ2n) is 2.23. The lowest BCUT2D eigenvalue weighted by Gasteiger charge is -2.09. The van der Waals surface area contributed by atoms with Crippen LogP contribution < -0.4 is 0 Å². The van der Waals surface area contributed by atoms with E-state index in [9.17, 15) is 0 Å². The molecule has 0 rings (SSSR count). The molecule has 0 radical (unpaired) electrons. The van der Waals surface area contributed by atoms with Crippen LogP contribution in [-0.4, -0.2) is 22.5 Å². The molecule has 0 saturated carbocycles. The van der Waals surface area contributed by atoms with E-state index in [1.165, 1.54) is 10.2 Å². The quantitative estimate of drug-likeness (QED) is 0.535. The van der Waals surface area contributed by atoms with E-state index in [1.807, 2.05) is 27.7 Å². The molecule has 2 heteroatoms. The Morgan fingerprint density at radius 2 is 1.11 bits per heavy atom. The second kappa shape index (κ2) is 8.18. The minimum Gasteiger partial charge on any atom is -0.376 e. The predicted molar refractivity (Wildman–Crippen MR) is 47.2 cm³/mol. The molecule has 0 unspecified atom stereocenters. The maximum atomic E-state index is 5.25. The highest BCUT2D eigenvalue weighted by molar-refractivity contribution is 6.05. The normalized spacial score (nSPS) is 9.67. The molecule has 0 aromatic carbocycles. The van der Waals surface area contributed by atoms with Crippen LogP contribution >= 0.6 is 0 Å². The molecule has 0 heterocycles. The average Bonchev–Trinajstić information content (AvgIpc) is 1.68. The molecule has 0 bridgehead atoms. The third-order valence-corrected chi connectivity index (χ3v) is 0.544. The molecule has 0 aromatic rings. The van der Waals surface area contributed by atoms with Gasteiger partial charge in [-0.3, -0.25) is 0 Å².